The minimum absolute atomic E-state index is 0.0146. The van der Waals surface area contributed by atoms with Crippen LogP contribution in [0.2, 0.25) is 0 Å². The van der Waals surface area contributed by atoms with Crippen LogP contribution in [0.4, 0.5) is 35.1 Å². The molecule has 0 fully saturated rings. The number of benzene rings is 3. The van der Waals surface area contributed by atoms with Gasteiger partial charge >= 0.3 is 21.4 Å². The van der Waals surface area contributed by atoms with Gasteiger partial charge in [-0.3, -0.25) is 0 Å². The summed E-state index contributed by atoms with van der Waals surface area (Å²) in [5.41, 5.74) is 0. The molecule has 0 saturated carbocycles. The van der Waals surface area contributed by atoms with Crippen LogP contribution in [0, 0.1) is 0 Å². The molecule has 0 aromatic heterocycles. The van der Waals surface area contributed by atoms with Crippen molar-refractivity contribution in [3.63, 3.8) is 0 Å². The molecular weight excluding hydrogens is 671 g/mol. The Bertz CT molecular complexity index is 1150. The van der Waals surface area contributed by atoms with Gasteiger partial charge in [-0.05, 0) is 36.4 Å². The standard InChI is InChI=1S/C18H15S.C4HF8IO4S/c1-4-10-16(11-5-1)19(17-12-6-2-7-13-17)18-14-8-3-9-15-18;5-1(6,13)2(7,8)17-3(9,10)4(11,12)18(14,15)16/h1-15H;(H,14,15,16)/q+1;/p-1. The molecule has 15 heteroatoms. The molecule has 0 N–H and O–H groups in total. The maximum atomic E-state index is 12.4. The molecule has 3 aromatic rings. The fourth-order valence-electron chi connectivity index (χ4n) is 2.50. The first-order valence-electron chi connectivity index (χ1n) is 9.66. The number of ether oxygens (including phenoxy) is 1. The predicted octanol–water partition coefficient (Wildman–Crippen LogP) is 7.14. The average Bonchev–Trinajstić information content (AvgIpc) is 2.80. The molecule has 0 aliphatic carbocycles. The van der Waals surface area contributed by atoms with Crippen molar-refractivity contribution in [1.29, 1.82) is 0 Å². The second kappa shape index (κ2) is 11.8. The van der Waals surface area contributed by atoms with E-state index in [0.717, 1.165) is 0 Å². The lowest BCUT2D eigenvalue weighted by molar-refractivity contribution is -0.438. The topological polar surface area (TPSA) is 66.4 Å². The predicted molar refractivity (Wildman–Crippen MR) is 126 cm³/mol. The van der Waals surface area contributed by atoms with Crippen LogP contribution in [-0.2, 0) is 25.7 Å². The molecule has 0 unspecified atom stereocenters. The maximum Gasteiger partial charge on any atom is 0.438 e. The van der Waals surface area contributed by atoms with Gasteiger partial charge in [-0.1, -0.05) is 54.6 Å². The van der Waals surface area contributed by atoms with E-state index in [1.807, 2.05) is 4.74 Å². The third-order valence-electron chi connectivity index (χ3n) is 4.18. The van der Waals surface area contributed by atoms with Crippen LogP contribution in [0.1, 0.15) is 0 Å². The zero-order chi connectivity index (χ0) is 28.1. The fraction of sp³-hybridized carbons (Fsp3) is 0.182. The molecule has 0 radical (unpaired) electrons. The highest BCUT2D eigenvalue weighted by atomic mass is 127. The second-order valence-corrected chi connectivity index (χ2v) is 11.7. The zero-order valence-electron chi connectivity index (χ0n) is 18.0. The summed E-state index contributed by atoms with van der Waals surface area (Å²) in [4.78, 5) is 4.08. The number of alkyl halides is 9. The summed E-state index contributed by atoms with van der Waals surface area (Å²) in [6.07, 6.45) is -12.8. The number of halogens is 9. The summed E-state index contributed by atoms with van der Waals surface area (Å²) >= 11 is -0.406. The van der Waals surface area contributed by atoms with Crippen molar-refractivity contribution >= 4 is 43.6 Å². The molecule has 0 spiro atoms. The molecule has 0 saturated heterocycles. The number of rotatable bonds is 8. The first-order valence-corrected chi connectivity index (χ1v) is 13.4. The summed E-state index contributed by atoms with van der Waals surface area (Å²) in [7, 11) is -7.13. The van der Waals surface area contributed by atoms with Crippen LogP contribution < -0.4 is 0 Å². The molecule has 3 aromatic carbocycles. The first-order chi connectivity index (χ1) is 16.9. The lowest BCUT2D eigenvalue weighted by Gasteiger charge is -2.31. The Labute approximate surface area is 222 Å². The first kappa shape index (κ1) is 31.3. The largest absolute Gasteiger partial charge is 0.743 e. The summed E-state index contributed by atoms with van der Waals surface area (Å²) in [6, 6.07) is 32.2. The molecule has 0 heterocycles. The maximum absolute atomic E-state index is 12.4. The molecule has 202 valence electrons. The van der Waals surface area contributed by atoms with Crippen LogP contribution in [0.25, 0.3) is 0 Å². The normalized spacial score (nSPS) is 13.2. The van der Waals surface area contributed by atoms with Crippen molar-refractivity contribution < 1.29 is 52.8 Å². The minimum atomic E-state index is -7.12. The number of hydrogen-bond donors (Lipinski definition) is 0. The van der Waals surface area contributed by atoms with Gasteiger partial charge in [0.2, 0.25) is 0 Å². The van der Waals surface area contributed by atoms with E-state index in [0.29, 0.717) is 0 Å². The van der Waals surface area contributed by atoms with E-state index in [1.165, 1.54) is 14.7 Å². The van der Waals surface area contributed by atoms with E-state index in [4.69, 9.17) is 0 Å². The number of hydrogen-bond acceptors (Lipinski definition) is 4. The van der Waals surface area contributed by atoms with Crippen molar-refractivity contribution in [1.82, 2.24) is 0 Å². The molecule has 0 atom stereocenters. The quantitative estimate of drug-likeness (QED) is 0.0832. The third kappa shape index (κ3) is 7.78. The second-order valence-electron chi connectivity index (χ2n) is 6.85. The van der Waals surface area contributed by atoms with Crippen LogP contribution in [0.3, 0.4) is 0 Å². The van der Waals surface area contributed by atoms with Gasteiger partial charge in [0, 0.05) is 22.6 Å². The van der Waals surface area contributed by atoms with Crippen molar-refractivity contribution in [3.8, 4) is 0 Å². The minimum Gasteiger partial charge on any atom is -0.743 e. The molecule has 0 amide bonds. The Kier molecular flexibility index (Phi) is 10.0. The highest BCUT2D eigenvalue weighted by Gasteiger charge is 2.71. The molecular formula is C22H15F8IO4S2. The molecule has 0 aliphatic rings. The third-order valence-corrected chi connectivity index (χ3v) is 7.90. The lowest BCUT2D eigenvalue weighted by Crippen LogP contribution is -2.54. The van der Waals surface area contributed by atoms with E-state index in [-0.39, 0.29) is 10.9 Å². The van der Waals surface area contributed by atoms with Crippen molar-refractivity contribution in [2.75, 3.05) is 0 Å². The van der Waals surface area contributed by atoms with Gasteiger partial charge in [-0.15, -0.1) is 0 Å². The molecule has 4 nitrogen and oxygen atoms in total. The van der Waals surface area contributed by atoms with Gasteiger partial charge in [0.05, 0.1) is 10.9 Å². The molecule has 0 aliphatic heterocycles. The Balaban J connectivity index is 0.000000261. The Morgan fingerprint density at radius 3 is 1.16 bits per heavy atom. The van der Waals surface area contributed by atoms with E-state index >= 15 is 0 Å². The van der Waals surface area contributed by atoms with Crippen molar-refractivity contribution in [3.05, 3.63) is 91.0 Å². The monoisotopic (exact) mass is 686 g/mol. The molecule has 0 bridgehead atoms. The highest BCUT2D eigenvalue weighted by molar-refractivity contribution is 14.1. The van der Waals surface area contributed by atoms with Gasteiger partial charge in [0.15, 0.2) is 24.8 Å². The van der Waals surface area contributed by atoms with E-state index in [9.17, 15) is 48.1 Å². The van der Waals surface area contributed by atoms with Crippen LogP contribution in [0.15, 0.2) is 106 Å². The highest BCUT2D eigenvalue weighted by Crippen LogP contribution is 2.48. The Morgan fingerprint density at radius 1 is 0.622 bits per heavy atom. The smallest absolute Gasteiger partial charge is 0.438 e. The van der Waals surface area contributed by atoms with Crippen molar-refractivity contribution in [2.45, 2.75) is 36.1 Å². The summed E-state index contributed by atoms with van der Waals surface area (Å²) in [5.74, 6) is 0. The van der Waals surface area contributed by atoms with Crippen LogP contribution in [0.5, 0.6) is 0 Å². The van der Waals surface area contributed by atoms with Crippen LogP contribution in [-0.4, -0.2) is 34.4 Å². The fourth-order valence-corrected chi connectivity index (χ4v) is 5.05. The summed E-state index contributed by atoms with van der Waals surface area (Å²) < 4.78 is 123. The van der Waals surface area contributed by atoms with E-state index in [2.05, 4.69) is 91.0 Å². The Morgan fingerprint density at radius 2 is 0.919 bits per heavy atom. The summed E-state index contributed by atoms with van der Waals surface area (Å²) in [5, 5.41) is -6.65. The van der Waals surface area contributed by atoms with Crippen molar-refractivity contribution in [2.24, 2.45) is 0 Å². The zero-order valence-corrected chi connectivity index (χ0v) is 21.8. The van der Waals surface area contributed by atoms with Crippen LogP contribution >= 0.6 is 22.6 Å². The average molecular weight is 686 g/mol. The lowest BCUT2D eigenvalue weighted by atomic mass is 10.4. The van der Waals surface area contributed by atoms with E-state index < -0.39 is 54.1 Å². The molecule has 3 rings (SSSR count). The van der Waals surface area contributed by atoms with Gasteiger partial charge in [-0.2, -0.15) is 35.1 Å². The van der Waals surface area contributed by atoms with Gasteiger partial charge < -0.3 is 4.55 Å². The van der Waals surface area contributed by atoms with Gasteiger partial charge in [-0.25, -0.2) is 13.2 Å². The Hall–Kier alpha value is -1.95. The van der Waals surface area contributed by atoms with Gasteiger partial charge in [0.1, 0.15) is 0 Å². The SMILES string of the molecule is O=S(=O)([O-])C(F)(F)C(F)(F)OC(F)(F)C(F)(F)I.c1ccc([S+](c2ccccc2)c2ccccc2)cc1. The van der Waals surface area contributed by atoms with E-state index in [1.54, 1.807) is 0 Å². The van der Waals surface area contributed by atoms with Gasteiger partial charge in [0.25, 0.3) is 0 Å². The summed E-state index contributed by atoms with van der Waals surface area (Å²) in [6.45, 7) is 0. The molecule has 37 heavy (non-hydrogen) atoms.